The predicted molar refractivity (Wildman–Crippen MR) is 87.8 cm³/mol. The SMILES string of the molecule is CCn1nccc1N1CCC[C@H](NS(=O)(=O)c2ccccn2)C1=O. The average Bonchev–Trinajstić information content (AvgIpc) is 3.06. The van der Waals surface area contributed by atoms with E-state index in [1.165, 1.54) is 12.3 Å². The number of anilines is 1. The zero-order valence-electron chi connectivity index (χ0n) is 13.3. The Balaban J connectivity index is 1.81. The predicted octanol–water partition coefficient (Wildman–Crippen LogP) is 0.772. The molecule has 8 nitrogen and oxygen atoms in total. The van der Waals surface area contributed by atoms with Gasteiger partial charge in [0.2, 0.25) is 5.91 Å². The molecule has 0 saturated carbocycles. The number of sulfonamides is 1. The van der Waals surface area contributed by atoms with Crippen molar-refractivity contribution in [2.75, 3.05) is 11.4 Å². The van der Waals surface area contributed by atoms with E-state index in [0.717, 1.165) is 0 Å². The van der Waals surface area contributed by atoms with Gasteiger partial charge in [0.15, 0.2) is 5.03 Å². The molecule has 0 aliphatic carbocycles. The summed E-state index contributed by atoms with van der Waals surface area (Å²) in [6.07, 6.45) is 4.20. The molecular weight excluding hydrogens is 330 g/mol. The molecular formula is C15H19N5O3S. The molecule has 0 spiro atoms. The molecule has 1 aliphatic rings. The molecule has 2 aromatic heterocycles. The molecule has 0 radical (unpaired) electrons. The van der Waals surface area contributed by atoms with Crippen molar-refractivity contribution < 1.29 is 13.2 Å². The van der Waals surface area contributed by atoms with Crippen LogP contribution in [0.15, 0.2) is 41.7 Å². The fraction of sp³-hybridized carbons (Fsp3) is 0.400. The van der Waals surface area contributed by atoms with Crippen molar-refractivity contribution in [1.82, 2.24) is 19.5 Å². The average molecular weight is 349 g/mol. The Morgan fingerprint density at radius 1 is 1.29 bits per heavy atom. The van der Waals surface area contributed by atoms with Gasteiger partial charge in [0, 0.05) is 25.4 Å². The highest BCUT2D eigenvalue weighted by Gasteiger charge is 2.34. The van der Waals surface area contributed by atoms with Gasteiger partial charge in [-0.1, -0.05) is 6.07 Å². The van der Waals surface area contributed by atoms with Crippen LogP contribution in [0.1, 0.15) is 19.8 Å². The Kier molecular flexibility index (Phi) is 4.63. The number of pyridine rings is 1. The normalized spacial score (nSPS) is 18.8. The van der Waals surface area contributed by atoms with Crippen LogP contribution in [-0.2, 0) is 21.4 Å². The third-order valence-corrected chi connectivity index (χ3v) is 5.31. The minimum absolute atomic E-state index is 0.0893. The van der Waals surface area contributed by atoms with Gasteiger partial charge in [-0.3, -0.25) is 9.69 Å². The zero-order valence-corrected chi connectivity index (χ0v) is 14.1. The molecule has 0 unspecified atom stereocenters. The Morgan fingerprint density at radius 2 is 2.12 bits per heavy atom. The standard InChI is InChI=1S/C15H19N5O3S/c1-2-20-14(8-10-17-20)19-11-5-6-12(15(19)21)18-24(22,23)13-7-3-4-9-16-13/h3-4,7-10,12,18H,2,5-6,11H2,1H3/t12-/m0/s1. The second-order valence-electron chi connectivity index (χ2n) is 5.48. The molecule has 1 N–H and O–H groups in total. The lowest BCUT2D eigenvalue weighted by Gasteiger charge is -2.32. The summed E-state index contributed by atoms with van der Waals surface area (Å²) in [5, 5.41) is 4.08. The van der Waals surface area contributed by atoms with Crippen molar-refractivity contribution in [2.24, 2.45) is 0 Å². The summed E-state index contributed by atoms with van der Waals surface area (Å²) in [6, 6.07) is 5.59. The van der Waals surface area contributed by atoms with Crippen LogP contribution in [0.2, 0.25) is 0 Å². The van der Waals surface area contributed by atoms with Crippen LogP contribution in [0.4, 0.5) is 5.82 Å². The molecule has 1 saturated heterocycles. The summed E-state index contributed by atoms with van der Waals surface area (Å²) in [7, 11) is -3.83. The van der Waals surface area contributed by atoms with Crippen molar-refractivity contribution >= 4 is 21.7 Å². The van der Waals surface area contributed by atoms with Crippen LogP contribution in [0.5, 0.6) is 0 Å². The molecule has 1 fully saturated rings. The zero-order chi connectivity index (χ0) is 17.2. The highest BCUT2D eigenvalue weighted by atomic mass is 32.2. The molecule has 1 amide bonds. The monoisotopic (exact) mass is 349 g/mol. The van der Waals surface area contributed by atoms with Gasteiger partial charge in [-0.25, -0.2) is 18.1 Å². The first-order valence-corrected chi connectivity index (χ1v) is 9.28. The summed E-state index contributed by atoms with van der Waals surface area (Å²) >= 11 is 0. The number of amides is 1. The number of piperidine rings is 1. The molecule has 24 heavy (non-hydrogen) atoms. The number of aryl methyl sites for hydroxylation is 1. The van der Waals surface area contributed by atoms with E-state index in [1.54, 1.807) is 34.0 Å². The molecule has 3 rings (SSSR count). The quantitative estimate of drug-likeness (QED) is 0.860. The van der Waals surface area contributed by atoms with E-state index in [9.17, 15) is 13.2 Å². The van der Waals surface area contributed by atoms with Gasteiger partial charge in [-0.05, 0) is 31.9 Å². The van der Waals surface area contributed by atoms with Gasteiger partial charge in [0.25, 0.3) is 10.0 Å². The number of rotatable bonds is 5. The van der Waals surface area contributed by atoms with Crippen LogP contribution >= 0.6 is 0 Å². The summed E-state index contributed by atoms with van der Waals surface area (Å²) in [5.74, 6) is 0.417. The minimum Gasteiger partial charge on any atom is -0.296 e. The maximum atomic E-state index is 12.7. The van der Waals surface area contributed by atoms with E-state index < -0.39 is 16.1 Å². The topological polar surface area (TPSA) is 97.2 Å². The molecule has 128 valence electrons. The highest BCUT2D eigenvalue weighted by Crippen LogP contribution is 2.22. The second-order valence-corrected chi connectivity index (χ2v) is 7.14. The number of carbonyl (C=O) groups is 1. The van der Waals surface area contributed by atoms with Crippen LogP contribution in [0, 0.1) is 0 Å². The maximum Gasteiger partial charge on any atom is 0.258 e. The smallest absolute Gasteiger partial charge is 0.258 e. The molecule has 2 aromatic rings. The van der Waals surface area contributed by atoms with Crippen LogP contribution < -0.4 is 9.62 Å². The molecule has 0 bridgehead atoms. The Hall–Kier alpha value is -2.26. The van der Waals surface area contributed by atoms with E-state index in [4.69, 9.17) is 0 Å². The maximum absolute atomic E-state index is 12.7. The van der Waals surface area contributed by atoms with Crippen molar-refractivity contribution in [3.05, 3.63) is 36.7 Å². The van der Waals surface area contributed by atoms with Gasteiger partial charge < -0.3 is 0 Å². The number of carbonyl (C=O) groups excluding carboxylic acids is 1. The van der Waals surface area contributed by atoms with Gasteiger partial charge in [0.05, 0.1) is 6.20 Å². The van der Waals surface area contributed by atoms with Crippen molar-refractivity contribution in [3.8, 4) is 0 Å². The molecule has 3 heterocycles. The fourth-order valence-electron chi connectivity index (χ4n) is 2.76. The van der Waals surface area contributed by atoms with E-state index in [2.05, 4.69) is 14.8 Å². The number of hydrogen-bond donors (Lipinski definition) is 1. The molecule has 9 heteroatoms. The molecule has 0 aromatic carbocycles. The second kappa shape index (κ2) is 6.70. The van der Waals surface area contributed by atoms with Gasteiger partial charge in [-0.2, -0.15) is 9.82 Å². The number of nitrogens with zero attached hydrogens (tertiary/aromatic N) is 4. The summed E-state index contributed by atoms with van der Waals surface area (Å²) in [5.41, 5.74) is 0. The van der Waals surface area contributed by atoms with Gasteiger partial charge in [0.1, 0.15) is 11.9 Å². The number of hydrogen-bond acceptors (Lipinski definition) is 5. The first-order valence-electron chi connectivity index (χ1n) is 7.79. The lowest BCUT2D eigenvalue weighted by Crippen LogP contribution is -2.52. The lowest BCUT2D eigenvalue weighted by molar-refractivity contribution is -0.121. The van der Waals surface area contributed by atoms with E-state index in [1.807, 2.05) is 6.92 Å². The fourth-order valence-corrected chi connectivity index (χ4v) is 3.94. The third kappa shape index (κ3) is 3.17. The van der Waals surface area contributed by atoms with Gasteiger partial charge >= 0.3 is 0 Å². The molecule has 1 atom stereocenters. The lowest BCUT2D eigenvalue weighted by atomic mass is 10.1. The van der Waals surface area contributed by atoms with E-state index >= 15 is 0 Å². The number of nitrogens with one attached hydrogen (secondary N) is 1. The summed E-state index contributed by atoms with van der Waals surface area (Å²) < 4.78 is 29.0. The van der Waals surface area contributed by atoms with Crippen molar-refractivity contribution in [3.63, 3.8) is 0 Å². The van der Waals surface area contributed by atoms with Gasteiger partial charge in [-0.15, -0.1) is 0 Å². The van der Waals surface area contributed by atoms with Crippen LogP contribution in [-0.4, -0.2) is 41.7 Å². The van der Waals surface area contributed by atoms with Crippen molar-refractivity contribution in [1.29, 1.82) is 0 Å². The minimum atomic E-state index is -3.83. The van der Waals surface area contributed by atoms with E-state index in [-0.39, 0.29) is 10.9 Å². The summed E-state index contributed by atoms with van der Waals surface area (Å²) in [6.45, 7) is 3.12. The first-order chi connectivity index (χ1) is 11.5. The molecule has 1 aliphatic heterocycles. The largest absolute Gasteiger partial charge is 0.296 e. The Bertz CT molecular complexity index is 819. The Labute approximate surface area is 140 Å². The summed E-state index contributed by atoms with van der Waals surface area (Å²) in [4.78, 5) is 18.2. The highest BCUT2D eigenvalue weighted by molar-refractivity contribution is 7.89. The number of aromatic nitrogens is 3. The first kappa shape index (κ1) is 16.6. The Morgan fingerprint density at radius 3 is 2.83 bits per heavy atom. The van der Waals surface area contributed by atoms with E-state index in [0.29, 0.717) is 31.7 Å². The van der Waals surface area contributed by atoms with Crippen molar-refractivity contribution in [2.45, 2.75) is 37.4 Å². The third-order valence-electron chi connectivity index (χ3n) is 3.92. The van der Waals surface area contributed by atoms with Crippen LogP contribution in [0.25, 0.3) is 0 Å². The van der Waals surface area contributed by atoms with Crippen LogP contribution in [0.3, 0.4) is 0 Å².